The highest BCUT2D eigenvalue weighted by molar-refractivity contribution is 6.32. The number of aryl methyl sites for hydroxylation is 3. The maximum Gasteiger partial charge on any atom is 0.168 e. The number of ether oxygens (including phenoxy) is 8. The van der Waals surface area contributed by atoms with Crippen LogP contribution in [0.2, 0.25) is 5.02 Å². The van der Waals surface area contributed by atoms with Crippen molar-refractivity contribution in [1.29, 1.82) is 0 Å². The van der Waals surface area contributed by atoms with Crippen LogP contribution in [-0.4, -0.2) is 59.1 Å². The molecule has 11 unspecified atom stereocenters. The third-order valence-corrected chi connectivity index (χ3v) is 30.2. The topological polar surface area (TPSA) is 90.9 Å². The Balaban J connectivity index is 0.000000129. The molecule has 5 aliphatic carbocycles. The van der Waals surface area contributed by atoms with Crippen LogP contribution in [0, 0.1) is 29.1 Å². The zero-order valence-electron chi connectivity index (χ0n) is 85.9. The van der Waals surface area contributed by atoms with Gasteiger partial charge in [-0.3, -0.25) is 4.79 Å². The highest BCUT2D eigenvalue weighted by Gasteiger charge is 2.35. The summed E-state index contributed by atoms with van der Waals surface area (Å²) in [5.74, 6) is 10.8. The lowest BCUT2D eigenvalue weighted by Gasteiger charge is -2.32. The summed E-state index contributed by atoms with van der Waals surface area (Å²) >= 11 is 5.98. The van der Waals surface area contributed by atoms with Crippen molar-refractivity contribution in [2.24, 2.45) is 0 Å². The summed E-state index contributed by atoms with van der Waals surface area (Å²) in [5, 5.41) is 0.735. The summed E-state index contributed by atoms with van der Waals surface area (Å²) in [6, 6.07) is 80.3. The van der Waals surface area contributed by atoms with E-state index in [0.717, 1.165) is 151 Å². The minimum Gasteiger partial charge on any atom is -0.497 e. The van der Waals surface area contributed by atoms with E-state index in [-0.39, 0.29) is 29.1 Å². The van der Waals surface area contributed by atoms with Gasteiger partial charge in [0.15, 0.2) is 28.9 Å². The Morgan fingerprint density at radius 1 is 0.298 bits per heavy atom. The van der Waals surface area contributed by atoms with Gasteiger partial charge in [-0.05, 0) is 318 Å². The minimum absolute atomic E-state index is 0.175. The fourth-order valence-electron chi connectivity index (χ4n) is 21.2. The Labute approximate surface area is 842 Å². The van der Waals surface area contributed by atoms with Crippen LogP contribution >= 0.6 is 11.6 Å². The standard InChI is InChI=1S/2C12H16.C11H14O2.C11H14.C10H11ClO.C10H10F2O.3C10H11FO.C10H12O.C10H10O.C10H12/c1-9-8-12(2,3)11-7-5-4-6-10(9)11;1-12(2)9-5-7-10-6-3-4-8-11(10)12;1-8-5-6-13-11-4-3-9(12-2)7-10(8)11;1-9-5-4-7-10-6-2-3-8-11(9)10;1-7-5-6-12-10-8(7)3-2-4-9(10)11;1-6-2-3-13-10-8(6)4-7(11)5-9(10)12;1-7-4-5-12-10-3-2-8(11)6-9(7)10;1-7-4-5-12-10-6-8(11)2-3-9(7)10;1-7-5-6-12-10-8(7)3-2-4-9(10)11;1-8-6-7-11-10-5-3-2-4-9(8)10;1-7-6-10(11)9-5-3-2-4-8(7)9;1-8-6-7-9-4-2-3-5-10(8)9/h4-7,9H,8H2,1-3H3;3-4,6,8H,5,7,9H2,1-2H3;3-4,7-8H,5-6H2,1-2H3;2-3,6,8-9H,4-5,7H2,1H3;2-4,7H,5-6H2,1H3;4-6H,2-3H2,1H3;2*2-3,6-7H,4-5H2,1H3;2-4,7H,5-6H2,1H3;2-5,8H,6-7H2,1H3;2-5,7H,6H2,1H3;2-5,8H,6-7H2,1H3. The van der Waals surface area contributed by atoms with E-state index in [1.54, 1.807) is 69.8 Å². The molecule has 0 radical (unpaired) electrons. The van der Waals surface area contributed by atoms with Gasteiger partial charge >= 0.3 is 0 Å². The molecule has 0 fully saturated rings. The first-order valence-corrected chi connectivity index (χ1v) is 52.0. The number of carbonyl (C=O) groups excluding carboxylic acids is 1. The molecule has 0 aromatic heterocycles. The SMILES string of the molecule is CC1(C)CCCc2ccccc21.CC1CC(=O)c2ccccc21.CC1CC(C)(C)c2ccccc21.CC1CCCc2ccccc21.CC1CCOc2c(Cl)cccc21.CC1CCOc2c(F)cc(F)cc21.CC1CCOc2c(F)cccc21.CC1CCOc2cc(F)ccc21.CC1CCOc2ccc(F)cc21.CC1CCOc2ccccc21.CC1CCc2ccccc21.COc1ccc2c(c1)C(C)CCO2. The molecule has 0 saturated heterocycles. The maximum atomic E-state index is 13.1. The number of hydrogen-bond donors (Lipinski definition) is 0. The lowest BCUT2D eigenvalue weighted by Crippen LogP contribution is -2.23. The Morgan fingerprint density at radius 2 is 0.716 bits per heavy atom. The molecule has 7 heterocycles. The fraction of sp³-hybridized carbons (Fsp3) is 0.421. The first kappa shape index (κ1) is 107. The summed E-state index contributed by atoms with van der Waals surface area (Å²) in [5.41, 5.74) is 23.1. The minimum atomic E-state index is -0.596. The van der Waals surface area contributed by atoms with Crippen molar-refractivity contribution in [3.63, 3.8) is 0 Å². The zero-order chi connectivity index (χ0) is 100. The van der Waals surface area contributed by atoms with E-state index in [9.17, 15) is 26.7 Å². The van der Waals surface area contributed by atoms with Crippen molar-refractivity contribution < 1.29 is 64.6 Å². The van der Waals surface area contributed by atoms with Gasteiger partial charge in [-0.25, -0.2) is 22.0 Å². The number of fused-ring (bicyclic) bond motifs is 12. The first-order valence-electron chi connectivity index (χ1n) is 51.6. The van der Waals surface area contributed by atoms with Crippen molar-refractivity contribution in [3.8, 4) is 46.0 Å². The second-order valence-corrected chi connectivity index (χ2v) is 41.8. The highest BCUT2D eigenvalue weighted by atomic mass is 35.5. The van der Waals surface area contributed by atoms with Gasteiger partial charge < -0.3 is 37.9 Å². The van der Waals surface area contributed by atoms with Crippen LogP contribution < -0.4 is 37.9 Å². The molecule has 0 bridgehead atoms. The van der Waals surface area contributed by atoms with Crippen molar-refractivity contribution in [2.75, 3.05) is 53.4 Å². The molecular weight excluding hydrogens is 1790 g/mol. The molecule has 0 N–H and O–H groups in total. The first-order chi connectivity index (χ1) is 67.8. The molecule has 141 heavy (non-hydrogen) atoms. The molecule has 24 rings (SSSR count). The molecule has 748 valence electrons. The van der Waals surface area contributed by atoms with Crippen molar-refractivity contribution in [1.82, 2.24) is 0 Å². The van der Waals surface area contributed by atoms with Crippen LogP contribution in [0.1, 0.15) is 358 Å². The molecule has 0 saturated carbocycles. The normalized spacial score (nSPS) is 21.7. The molecule has 15 heteroatoms. The second kappa shape index (κ2) is 51.0. The van der Waals surface area contributed by atoms with E-state index in [1.165, 1.54) is 110 Å². The summed E-state index contributed by atoms with van der Waals surface area (Å²) in [6.45, 7) is 38.5. The lowest BCUT2D eigenvalue weighted by atomic mass is 9.73. The van der Waals surface area contributed by atoms with Gasteiger partial charge in [0.1, 0.15) is 51.9 Å². The Hall–Kier alpha value is -11.4. The van der Waals surface area contributed by atoms with Gasteiger partial charge in [0.25, 0.3) is 0 Å². The van der Waals surface area contributed by atoms with Gasteiger partial charge in [0.2, 0.25) is 0 Å². The molecule has 12 aromatic rings. The largest absolute Gasteiger partial charge is 0.497 e. The summed E-state index contributed by atoms with van der Waals surface area (Å²) in [4.78, 5) is 11.3. The molecule has 0 amide bonds. The molecular formula is C126H148ClF5O9. The number of methoxy groups -OCH3 is 1. The van der Waals surface area contributed by atoms with Crippen LogP contribution in [0.25, 0.3) is 0 Å². The number of Topliss-reactive ketones (excluding diaryl/α,β-unsaturated/α-hetero) is 1. The zero-order valence-corrected chi connectivity index (χ0v) is 86.7. The fourth-order valence-corrected chi connectivity index (χ4v) is 21.4. The van der Waals surface area contributed by atoms with Crippen LogP contribution in [0.5, 0.6) is 46.0 Å². The summed E-state index contributed by atoms with van der Waals surface area (Å²) in [7, 11) is 1.69. The van der Waals surface area contributed by atoms with E-state index in [2.05, 4.69) is 218 Å². The van der Waals surface area contributed by atoms with Gasteiger partial charge in [-0.15, -0.1) is 0 Å². The number of benzene rings is 12. The van der Waals surface area contributed by atoms with Crippen LogP contribution in [0.4, 0.5) is 22.0 Å². The van der Waals surface area contributed by atoms with E-state index >= 15 is 0 Å². The van der Waals surface area contributed by atoms with Crippen molar-refractivity contribution in [3.05, 3.63) is 377 Å². The summed E-state index contributed by atoms with van der Waals surface area (Å²) < 4.78 is 107. The molecule has 0 spiro atoms. The quantitative estimate of drug-likeness (QED) is 0.149. The number of carbonyl (C=O) groups is 1. The van der Waals surface area contributed by atoms with Gasteiger partial charge in [0.05, 0.1) is 58.4 Å². The second-order valence-electron chi connectivity index (χ2n) is 41.4. The molecule has 9 nitrogen and oxygen atoms in total. The number of halogens is 6. The number of ketones is 1. The van der Waals surface area contributed by atoms with Crippen molar-refractivity contribution in [2.45, 2.75) is 289 Å². The Morgan fingerprint density at radius 3 is 1.28 bits per heavy atom. The lowest BCUT2D eigenvalue weighted by molar-refractivity contribution is 0.0990. The number of rotatable bonds is 1. The van der Waals surface area contributed by atoms with Gasteiger partial charge in [-0.1, -0.05) is 285 Å². The average molecular weight is 1940 g/mol. The van der Waals surface area contributed by atoms with Gasteiger partial charge in [-0.2, -0.15) is 0 Å². The van der Waals surface area contributed by atoms with Crippen molar-refractivity contribution >= 4 is 17.4 Å². The monoisotopic (exact) mass is 1940 g/mol. The van der Waals surface area contributed by atoms with E-state index in [1.807, 2.05) is 79.7 Å². The van der Waals surface area contributed by atoms with Crippen LogP contribution in [0.15, 0.2) is 249 Å². The van der Waals surface area contributed by atoms with E-state index in [0.29, 0.717) is 101 Å². The van der Waals surface area contributed by atoms with Crippen LogP contribution in [0.3, 0.4) is 0 Å². The highest BCUT2D eigenvalue weighted by Crippen LogP contribution is 2.47. The van der Waals surface area contributed by atoms with Gasteiger partial charge in [0, 0.05) is 40.8 Å². The van der Waals surface area contributed by atoms with Crippen LogP contribution in [-0.2, 0) is 30.1 Å². The molecule has 11 atom stereocenters. The third kappa shape index (κ3) is 28.6. The predicted octanol–water partition coefficient (Wildman–Crippen LogP) is 34.4. The maximum absolute atomic E-state index is 13.1. The molecule has 12 aliphatic rings. The van der Waals surface area contributed by atoms with E-state index < -0.39 is 11.6 Å². The molecule has 12 aromatic carbocycles. The van der Waals surface area contributed by atoms with E-state index in [4.69, 9.17) is 49.5 Å². The smallest absolute Gasteiger partial charge is 0.168 e. The number of para-hydroxylation sites is 3. The summed E-state index contributed by atoms with van der Waals surface area (Å²) in [6.07, 6.45) is 19.8. The third-order valence-electron chi connectivity index (χ3n) is 29.9. The number of hydrogen-bond acceptors (Lipinski definition) is 9. The Bertz CT molecular complexity index is 5950. The predicted molar refractivity (Wildman–Crippen MR) is 566 cm³/mol. The molecule has 7 aliphatic heterocycles. The average Bonchev–Trinajstić information content (AvgIpc) is 1.61. The Kier molecular flexibility index (Phi) is 38.7.